The molecule has 0 saturated heterocycles. The average molecular weight is 191 g/mol. The van der Waals surface area contributed by atoms with Crippen LogP contribution in [-0.4, -0.2) is 17.3 Å². The van der Waals surface area contributed by atoms with Crippen molar-refractivity contribution in [3.8, 4) is 0 Å². The molecule has 2 rings (SSSR count). The Kier molecular flexibility index (Phi) is 2.57. The zero-order chi connectivity index (χ0) is 10.0. The van der Waals surface area contributed by atoms with Crippen molar-refractivity contribution in [2.24, 2.45) is 0 Å². The Labute approximate surface area is 85.0 Å². The molecule has 1 aliphatic rings. The normalized spacial score (nSPS) is 18.1. The van der Waals surface area contributed by atoms with Crippen LogP contribution in [0.5, 0.6) is 0 Å². The van der Waals surface area contributed by atoms with E-state index in [4.69, 9.17) is 5.11 Å². The van der Waals surface area contributed by atoms with Crippen LogP contribution < -0.4 is 5.32 Å². The van der Waals surface area contributed by atoms with Crippen LogP contribution in [-0.2, 0) is 6.54 Å². The first-order chi connectivity index (χ1) is 6.76. The Morgan fingerprint density at radius 2 is 2.07 bits per heavy atom. The summed E-state index contributed by atoms with van der Waals surface area (Å²) in [7, 11) is 0. The van der Waals surface area contributed by atoms with Gasteiger partial charge in [0, 0.05) is 12.1 Å². The quantitative estimate of drug-likeness (QED) is 0.758. The minimum absolute atomic E-state index is 0.0439. The fourth-order valence-electron chi connectivity index (χ4n) is 1.63. The van der Waals surface area contributed by atoms with E-state index >= 15 is 0 Å². The summed E-state index contributed by atoms with van der Waals surface area (Å²) in [5.41, 5.74) is 2.68. The number of benzene rings is 1. The number of aliphatic hydroxyl groups excluding tert-OH is 1. The molecule has 0 aromatic heterocycles. The van der Waals surface area contributed by atoms with Crippen molar-refractivity contribution in [2.75, 3.05) is 6.61 Å². The molecule has 0 radical (unpaired) electrons. The molecule has 0 aliphatic heterocycles. The van der Waals surface area contributed by atoms with Crippen molar-refractivity contribution < 1.29 is 5.11 Å². The Balaban J connectivity index is 1.95. The second-order valence-electron chi connectivity index (χ2n) is 4.22. The van der Waals surface area contributed by atoms with E-state index in [2.05, 4.69) is 36.5 Å². The summed E-state index contributed by atoms with van der Waals surface area (Å²) in [6.45, 7) is 3.25. The summed E-state index contributed by atoms with van der Waals surface area (Å²) in [5, 5.41) is 12.6. The number of rotatable bonds is 4. The largest absolute Gasteiger partial charge is 0.394 e. The standard InChI is InChI=1S/C12H17NO/c1-10-4-2-3-5-11(10)8-13-12(9-14)6-7-12/h2-5,13-14H,6-9H2,1H3. The zero-order valence-corrected chi connectivity index (χ0v) is 8.59. The predicted octanol–water partition coefficient (Wildman–Crippen LogP) is 1.61. The van der Waals surface area contributed by atoms with Crippen LogP contribution in [0.3, 0.4) is 0 Å². The van der Waals surface area contributed by atoms with E-state index in [0.717, 1.165) is 19.4 Å². The highest BCUT2D eigenvalue weighted by atomic mass is 16.3. The Morgan fingerprint density at radius 1 is 1.36 bits per heavy atom. The van der Waals surface area contributed by atoms with Gasteiger partial charge in [-0.3, -0.25) is 0 Å². The molecule has 1 aromatic carbocycles. The van der Waals surface area contributed by atoms with Crippen molar-refractivity contribution in [1.29, 1.82) is 0 Å². The first-order valence-corrected chi connectivity index (χ1v) is 5.16. The van der Waals surface area contributed by atoms with Gasteiger partial charge in [-0.2, -0.15) is 0 Å². The maximum atomic E-state index is 9.14. The highest BCUT2D eigenvalue weighted by molar-refractivity contribution is 5.25. The Bertz CT molecular complexity index is 318. The molecule has 1 saturated carbocycles. The maximum Gasteiger partial charge on any atom is 0.0613 e. The summed E-state index contributed by atoms with van der Waals surface area (Å²) < 4.78 is 0. The highest BCUT2D eigenvalue weighted by Crippen LogP contribution is 2.34. The van der Waals surface area contributed by atoms with Gasteiger partial charge in [0.1, 0.15) is 0 Å². The number of hydrogen-bond donors (Lipinski definition) is 2. The van der Waals surface area contributed by atoms with Crippen LogP contribution in [0.1, 0.15) is 24.0 Å². The fourth-order valence-corrected chi connectivity index (χ4v) is 1.63. The monoisotopic (exact) mass is 191 g/mol. The predicted molar refractivity (Wildman–Crippen MR) is 57.1 cm³/mol. The number of aryl methyl sites for hydroxylation is 1. The van der Waals surface area contributed by atoms with Gasteiger partial charge in [0.25, 0.3) is 0 Å². The van der Waals surface area contributed by atoms with Gasteiger partial charge in [0.15, 0.2) is 0 Å². The maximum absolute atomic E-state index is 9.14. The molecule has 76 valence electrons. The zero-order valence-electron chi connectivity index (χ0n) is 8.59. The van der Waals surface area contributed by atoms with Gasteiger partial charge < -0.3 is 10.4 Å². The van der Waals surface area contributed by atoms with E-state index in [1.165, 1.54) is 11.1 Å². The molecule has 0 amide bonds. The number of hydrogen-bond acceptors (Lipinski definition) is 2. The second kappa shape index (κ2) is 3.71. The topological polar surface area (TPSA) is 32.3 Å². The van der Waals surface area contributed by atoms with Gasteiger partial charge >= 0.3 is 0 Å². The van der Waals surface area contributed by atoms with E-state index in [0.29, 0.717) is 0 Å². The molecule has 2 N–H and O–H groups in total. The van der Waals surface area contributed by atoms with Crippen molar-refractivity contribution in [2.45, 2.75) is 31.8 Å². The average Bonchev–Trinajstić information content (AvgIpc) is 2.98. The fraction of sp³-hybridized carbons (Fsp3) is 0.500. The second-order valence-corrected chi connectivity index (χ2v) is 4.22. The molecule has 0 spiro atoms. The molecule has 0 bridgehead atoms. The van der Waals surface area contributed by atoms with Crippen LogP contribution in [0.25, 0.3) is 0 Å². The lowest BCUT2D eigenvalue weighted by atomic mass is 10.1. The lowest BCUT2D eigenvalue weighted by molar-refractivity contribution is 0.229. The van der Waals surface area contributed by atoms with Gasteiger partial charge in [0.2, 0.25) is 0 Å². The molecular weight excluding hydrogens is 174 g/mol. The van der Waals surface area contributed by atoms with E-state index in [9.17, 15) is 0 Å². The third-order valence-corrected chi connectivity index (χ3v) is 3.07. The smallest absolute Gasteiger partial charge is 0.0613 e. The molecule has 14 heavy (non-hydrogen) atoms. The van der Waals surface area contributed by atoms with Gasteiger partial charge in [-0.05, 0) is 30.9 Å². The van der Waals surface area contributed by atoms with Crippen LogP contribution in [0, 0.1) is 6.92 Å². The summed E-state index contributed by atoms with van der Waals surface area (Å²) in [6.07, 6.45) is 2.21. The lowest BCUT2D eigenvalue weighted by Crippen LogP contribution is -2.34. The van der Waals surface area contributed by atoms with Crippen molar-refractivity contribution in [3.63, 3.8) is 0 Å². The molecule has 0 unspecified atom stereocenters. The Morgan fingerprint density at radius 3 is 2.64 bits per heavy atom. The van der Waals surface area contributed by atoms with Gasteiger partial charge in [-0.15, -0.1) is 0 Å². The minimum atomic E-state index is 0.0439. The SMILES string of the molecule is Cc1ccccc1CNC1(CO)CC1. The van der Waals surface area contributed by atoms with Crippen LogP contribution >= 0.6 is 0 Å². The van der Waals surface area contributed by atoms with E-state index < -0.39 is 0 Å². The van der Waals surface area contributed by atoms with E-state index in [-0.39, 0.29) is 12.1 Å². The summed E-state index contributed by atoms with van der Waals surface area (Å²) in [6, 6.07) is 8.37. The van der Waals surface area contributed by atoms with Crippen molar-refractivity contribution in [1.82, 2.24) is 5.32 Å². The van der Waals surface area contributed by atoms with Gasteiger partial charge in [-0.25, -0.2) is 0 Å². The molecular formula is C12H17NO. The molecule has 1 aromatic rings. The third kappa shape index (κ3) is 1.97. The molecule has 1 aliphatic carbocycles. The van der Waals surface area contributed by atoms with Gasteiger partial charge in [-0.1, -0.05) is 24.3 Å². The number of aliphatic hydroxyl groups is 1. The molecule has 2 heteroatoms. The first kappa shape index (κ1) is 9.69. The van der Waals surface area contributed by atoms with Crippen molar-refractivity contribution in [3.05, 3.63) is 35.4 Å². The van der Waals surface area contributed by atoms with Gasteiger partial charge in [0.05, 0.1) is 6.61 Å². The van der Waals surface area contributed by atoms with Crippen LogP contribution in [0.2, 0.25) is 0 Å². The summed E-state index contributed by atoms with van der Waals surface area (Å²) >= 11 is 0. The third-order valence-electron chi connectivity index (χ3n) is 3.07. The van der Waals surface area contributed by atoms with Crippen LogP contribution in [0.15, 0.2) is 24.3 Å². The Hall–Kier alpha value is -0.860. The van der Waals surface area contributed by atoms with E-state index in [1.54, 1.807) is 0 Å². The molecule has 0 heterocycles. The lowest BCUT2D eigenvalue weighted by Gasteiger charge is -2.15. The highest BCUT2D eigenvalue weighted by Gasteiger charge is 2.41. The number of nitrogens with one attached hydrogen (secondary N) is 1. The molecule has 0 atom stereocenters. The minimum Gasteiger partial charge on any atom is -0.394 e. The van der Waals surface area contributed by atoms with E-state index in [1.807, 2.05) is 0 Å². The summed E-state index contributed by atoms with van der Waals surface area (Å²) in [5.74, 6) is 0. The summed E-state index contributed by atoms with van der Waals surface area (Å²) in [4.78, 5) is 0. The van der Waals surface area contributed by atoms with Crippen LogP contribution in [0.4, 0.5) is 0 Å². The molecule has 2 nitrogen and oxygen atoms in total. The molecule has 1 fully saturated rings. The first-order valence-electron chi connectivity index (χ1n) is 5.16. The van der Waals surface area contributed by atoms with Crippen molar-refractivity contribution >= 4 is 0 Å².